The summed E-state index contributed by atoms with van der Waals surface area (Å²) in [6.07, 6.45) is 1.37. The highest BCUT2D eigenvalue weighted by Crippen LogP contribution is 2.26. The molecule has 3 aromatic carbocycles. The van der Waals surface area contributed by atoms with Crippen molar-refractivity contribution < 1.29 is 33.3 Å². The molecular formula is C29H28N2O7. The molecule has 0 spiro atoms. The molecule has 1 atom stereocenters. The van der Waals surface area contributed by atoms with Gasteiger partial charge in [0.25, 0.3) is 0 Å². The lowest BCUT2D eigenvalue weighted by Gasteiger charge is -2.27. The van der Waals surface area contributed by atoms with Gasteiger partial charge in [0.2, 0.25) is 5.89 Å². The average Bonchev–Trinajstić information content (AvgIpc) is 3.41. The third-order valence-corrected chi connectivity index (χ3v) is 5.81. The minimum Gasteiger partial charge on any atom is -0.497 e. The van der Waals surface area contributed by atoms with E-state index in [1.165, 1.54) is 7.11 Å². The minimum atomic E-state index is -1.15. The Balaban J connectivity index is 1.39. The second-order valence-corrected chi connectivity index (χ2v) is 8.42. The van der Waals surface area contributed by atoms with Crippen molar-refractivity contribution in [3.8, 4) is 28.7 Å². The molecule has 196 valence electrons. The van der Waals surface area contributed by atoms with Gasteiger partial charge in [-0.15, -0.1) is 0 Å². The van der Waals surface area contributed by atoms with Crippen LogP contribution in [0.25, 0.3) is 11.5 Å². The van der Waals surface area contributed by atoms with Crippen LogP contribution in [0.15, 0.2) is 89.5 Å². The van der Waals surface area contributed by atoms with E-state index in [0.717, 1.165) is 16.2 Å². The zero-order valence-corrected chi connectivity index (χ0v) is 21.1. The van der Waals surface area contributed by atoms with Crippen molar-refractivity contribution in [2.75, 3.05) is 20.3 Å². The zero-order chi connectivity index (χ0) is 26.9. The van der Waals surface area contributed by atoms with Crippen LogP contribution in [0, 0.1) is 0 Å². The van der Waals surface area contributed by atoms with E-state index in [1.807, 2.05) is 30.3 Å². The molecule has 4 rings (SSSR count). The largest absolute Gasteiger partial charge is 0.497 e. The van der Waals surface area contributed by atoms with Gasteiger partial charge in [0.1, 0.15) is 30.1 Å². The molecule has 0 bridgehead atoms. The Labute approximate surface area is 220 Å². The van der Waals surface area contributed by atoms with Gasteiger partial charge in [-0.25, -0.2) is 9.78 Å². The fraction of sp³-hybridized carbons (Fsp3) is 0.207. The summed E-state index contributed by atoms with van der Waals surface area (Å²) in [5.41, 5.74) is 2.36. The van der Waals surface area contributed by atoms with Crippen LogP contribution < -0.4 is 14.2 Å². The Morgan fingerprint density at radius 3 is 2.42 bits per heavy atom. The molecule has 1 aromatic heterocycles. The number of amides is 1. The van der Waals surface area contributed by atoms with Crippen LogP contribution in [0.4, 0.5) is 4.79 Å². The first-order valence-electron chi connectivity index (χ1n) is 12.0. The number of carbonyl (C=O) groups is 2. The maximum atomic E-state index is 12.9. The van der Waals surface area contributed by atoms with Crippen LogP contribution >= 0.6 is 0 Å². The van der Waals surface area contributed by atoms with E-state index in [1.54, 1.807) is 61.7 Å². The molecule has 1 N–H and O–H groups in total. The number of hydrogen-bond acceptors (Lipinski definition) is 7. The summed E-state index contributed by atoms with van der Waals surface area (Å²) >= 11 is 0. The normalized spacial score (nSPS) is 11.4. The van der Waals surface area contributed by atoms with E-state index in [9.17, 15) is 14.7 Å². The van der Waals surface area contributed by atoms with Crippen molar-refractivity contribution in [1.82, 2.24) is 9.88 Å². The Morgan fingerprint density at radius 1 is 0.974 bits per heavy atom. The predicted molar refractivity (Wildman–Crippen MR) is 139 cm³/mol. The third kappa shape index (κ3) is 6.91. The smallest absolute Gasteiger partial charge is 0.416 e. The van der Waals surface area contributed by atoms with E-state index < -0.39 is 24.6 Å². The molecule has 0 aliphatic rings. The number of carboxylic acids is 1. The van der Waals surface area contributed by atoms with Crippen LogP contribution in [0.5, 0.6) is 17.2 Å². The molecule has 1 unspecified atom stereocenters. The van der Waals surface area contributed by atoms with Gasteiger partial charge in [-0.05, 0) is 61.0 Å². The maximum Gasteiger partial charge on any atom is 0.416 e. The van der Waals surface area contributed by atoms with Crippen molar-refractivity contribution in [3.05, 3.63) is 96.4 Å². The van der Waals surface area contributed by atoms with Gasteiger partial charge < -0.3 is 23.7 Å². The Hall–Kier alpha value is -4.79. The standard InChI is InChI=1S/C29H28N2O7/c1-20(31(18-27(32)33)29(34)38-25-13-11-24(35-2)12-14-25)22-9-6-10-26(17-22)36-16-15-23-19-37-28(30-23)21-7-4-3-5-8-21/h3-14,17,19-20H,15-16,18H2,1-2H3,(H,32,33). The molecule has 1 heterocycles. The lowest BCUT2D eigenvalue weighted by atomic mass is 10.1. The van der Waals surface area contributed by atoms with Crippen molar-refractivity contribution in [1.29, 1.82) is 0 Å². The second-order valence-electron chi connectivity index (χ2n) is 8.42. The average molecular weight is 517 g/mol. The first-order valence-corrected chi connectivity index (χ1v) is 12.0. The van der Waals surface area contributed by atoms with E-state index in [-0.39, 0.29) is 5.75 Å². The molecule has 0 aliphatic heterocycles. The zero-order valence-electron chi connectivity index (χ0n) is 21.1. The molecule has 1 amide bonds. The summed E-state index contributed by atoms with van der Waals surface area (Å²) in [5.74, 6) is 0.867. The number of carbonyl (C=O) groups excluding carboxylic acids is 1. The van der Waals surface area contributed by atoms with Crippen molar-refractivity contribution in [2.45, 2.75) is 19.4 Å². The number of carboxylic acid groups (broad SMARTS) is 1. The summed E-state index contributed by atoms with van der Waals surface area (Å²) in [6.45, 7) is 1.56. The summed E-state index contributed by atoms with van der Waals surface area (Å²) in [5, 5.41) is 9.41. The number of oxazole rings is 1. The lowest BCUT2D eigenvalue weighted by Crippen LogP contribution is -2.39. The monoisotopic (exact) mass is 516 g/mol. The maximum absolute atomic E-state index is 12.9. The quantitative estimate of drug-likeness (QED) is 0.274. The van der Waals surface area contributed by atoms with Crippen LogP contribution in [-0.4, -0.2) is 47.3 Å². The van der Waals surface area contributed by atoms with Gasteiger partial charge >= 0.3 is 12.1 Å². The van der Waals surface area contributed by atoms with Gasteiger partial charge in [0.15, 0.2) is 0 Å². The third-order valence-electron chi connectivity index (χ3n) is 5.81. The number of aromatic nitrogens is 1. The molecule has 0 saturated heterocycles. The summed E-state index contributed by atoms with van der Waals surface area (Å²) < 4.78 is 22.0. The van der Waals surface area contributed by atoms with Gasteiger partial charge in [-0.2, -0.15) is 0 Å². The number of nitrogens with zero attached hydrogens (tertiary/aromatic N) is 2. The molecule has 38 heavy (non-hydrogen) atoms. The molecule has 9 nitrogen and oxygen atoms in total. The predicted octanol–water partition coefficient (Wildman–Crippen LogP) is 5.62. The fourth-order valence-electron chi connectivity index (χ4n) is 3.76. The number of ether oxygens (including phenoxy) is 3. The van der Waals surface area contributed by atoms with Crippen LogP contribution in [0.3, 0.4) is 0 Å². The number of rotatable bonds is 11. The Morgan fingerprint density at radius 2 is 1.71 bits per heavy atom. The van der Waals surface area contributed by atoms with Crippen LogP contribution in [-0.2, 0) is 11.2 Å². The van der Waals surface area contributed by atoms with Crippen LogP contribution in [0.1, 0.15) is 24.2 Å². The molecular weight excluding hydrogens is 488 g/mol. The number of hydrogen-bond donors (Lipinski definition) is 1. The summed E-state index contributed by atoms with van der Waals surface area (Å²) in [7, 11) is 1.53. The topological polar surface area (TPSA) is 111 Å². The highest BCUT2D eigenvalue weighted by Gasteiger charge is 2.26. The summed E-state index contributed by atoms with van der Waals surface area (Å²) in [4.78, 5) is 30.1. The highest BCUT2D eigenvalue weighted by molar-refractivity contribution is 5.78. The number of aliphatic carboxylic acids is 1. The van der Waals surface area contributed by atoms with Gasteiger partial charge in [0, 0.05) is 12.0 Å². The molecule has 0 radical (unpaired) electrons. The van der Waals surface area contributed by atoms with Gasteiger partial charge in [-0.1, -0.05) is 30.3 Å². The first kappa shape index (κ1) is 26.3. The van der Waals surface area contributed by atoms with Crippen molar-refractivity contribution >= 4 is 12.1 Å². The molecule has 9 heteroatoms. The molecule has 0 saturated carbocycles. The van der Waals surface area contributed by atoms with Gasteiger partial charge in [-0.3, -0.25) is 9.69 Å². The van der Waals surface area contributed by atoms with E-state index in [0.29, 0.717) is 36.0 Å². The molecule has 0 aliphatic carbocycles. The highest BCUT2D eigenvalue weighted by atomic mass is 16.6. The first-order chi connectivity index (χ1) is 18.4. The number of benzene rings is 3. The van der Waals surface area contributed by atoms with E-state index in [4.69, 9.17) is 18.6 Å². The van der Waals surface area contributed by atoms with Gasteiger partial charge in [0.05, 0.1) is 25.5 Å². The van der Waals surface area contributed by atoms with E-state index in [2.05, 4.69) is 4.98 Å². The molecule has 4 aromatic rings. The second kappa shape index (κ2) is 12.4. The molecule has 0 fully saturated rings. The lowest BCUT2D eigenvalue weighted by molar-refractivity contribution is -0.138. The fourth-order valence-corrected chi connectivity index (χ4v) is 3.76. The van der Waals surface area contributed by atoms with E-state index >= 15 is 0 Å². The van der Waals surface area contributed by atoms with Crippen molar-refractivity contribution in [3.63, 3.8) is 0 Å². The number of methoxy groups -OCH3 is 1. The minimum absolute atomic E-state index is 0.277. The summed E-state index contributed by atoms with van der Waals surface area (Å²) in [6, 6.07) is 22.7. The Bertz CT molecular complexity index is 1350. The van der Waals surface area contributed by atoms with Crippen LogP contribution in [0.2, 0.25) is 0 Å². The van der Waals surface area contributed by atoms with Crippen molar-refractivity contribution in [2.24, 2.45) is 0 Å². The SMILES string of the molecule is COc1ccc(OC(=O)N(CC(=O)O)C(C)c2cccc(OCCc3coc(-c4ccccc4)n3)c2)cc1. The Kier molecular flexibility index (Phi) is 8.61.